The Morgan fingerprint density at radius 3 is 1.32 bits per heavy atom. The Morgan fingerprint density at radius 2 is 0.964 bits per heavy atom. The van der Waals surface area contributed by atoms with Crippen molar-refractivity contribution in [3.05, 3.63) is 0 Å². The minimum atomic E-state index is -0.691. The van der Waals surface area contributed by atoms with Crippen molar-refractivity contribution in [1.82, 2.24) is 0 Å². The first-order valence-corrected chi connectivity index (χ1v) is 12.2. The van der Waals surface area contributed by atoms with Gasteiger partial charge in [-0.3, -0.25) is 4.79 Å². The van der Waals surface area contributed by atoms with Gasteiger partial charge in [0.1, 0.15) is 0 Å². The fraction of sp³-hybridized carbons (Fsp3) is 0.958. The van der Waals surface area contributed by atoms with E-state index in [9.17, 15) is 4.79 Å². The van der Waals surface area contributed by atoms with Crippen LogP contribution in [0.25, 0.3) is 0 Å². The zero-order valence-electron chi connectivity index (χ0n) is 18.9. The molecule has 0 fully saturated rings. The number of carboxylic acid groups (broad SMARTS) is 1. The molecule has 0 amide bonds. The van der Waals surface area contributed by atoms with Gasteiger partial charge in [0.25, 0.3) is 0 Å². The lowest BCUT2D eigenvalue weighted by Crippen LogP contribution is -1.98. The van der Waals surface area contributed by atoms with Crippen molar-refractivity contribution < 1.29 is 15.0 Å². The van der Waals surface area contributed by atoms with E-state index in [-0.39, 0.29) is 0 Å². The van der Waals surface area contributed by atoms with Crippen LogP contribution >= 0.6 is 0 Å². The van der Waals surface area contributed by atoms with Crippen molar-refractivity contribution in [2.75, 3.05) is 13.2 Å². The molecule has 0 aromatic heterocycles. The summed E-state index contributed by atoms with van der Waals surface area (Å²) >= 11 is 0. The van der Waals surface area contributed by atoms with Gasteiger partial charge in [-0.05, 0) is 25.8 Å². The molecular formula is C24H51NO3. The summed E-state index contributed by atoms with van der Waals surface area (Å²) in [6, 6.07) is 0. The van der Waals surface area contributed by atoms with E-state index in [2.05, 4.69) is 6.92 Å². The van der Waals surface area contributed by atoms with Gasteiger partial charge in [-0.15, -0.1) is 0 Å². The number of hydrogen-bond donors (Lipinski definition) is 3. The van der Waals surface area contributed by atoms with Crippen molar-refractivity contribution in [3.8, 4) is 0 Å². The number of carbonyl (C=O) groups is 1. The lowest BCUT2D eigenvalue weighted by molar-refractivity contribution is -0.137. The van der Waals surface area contributed by atoms with E-state index in [4.69, 9.17) is 15.9 Å². The third-order valence-corrected chi connectivity index (χ3v) is 5.11. The Labute approximate surface area is 175 Å². The van der Waals surface area contributed by atoms with E-state index in [0.29, 0.717) is 13.0 Å². The standard InChI is InChI=1S/C16H34O.C8H17NO2/c1-2-3-4-5-6-7-8-9-10-11-12-13-14-15-16-17;9-7-5-3-1-2-4-6-8(10)11/h17H,2-16H2,1H3;1-7,9H2,(H,10,11). The lowest BCUT2D eigenvalue weighted by atomic mass is 10.0. The highest BCUT2D eigenvalue weighted by Crippen LogP contribution is 2.12. The summed E-state index contributed by atoms with van der Waals surface area (Å²) < 4.78 is 0. The third kappa shape index (κ3) is 33.0. The largest absolute Gasteiger partial charge is 0.481 e. The average Bonchev–Trinajstić information content (AvgIpc) is 2.68. The molecule has 0 aromatic carbocycles. The zero-order chi connectivity index (χ0) is 21.1. The van der Waals surface area contributed by atoms with Crippen molar-refractivity contribution in [1.29, 1.82) is 0 Å². The van der Waals surface area contributed by atoms with Crippen molar-refractivity contribution in [3.63, 3.8) is 0 Å². The molecule has 0 radical (unpaired) electrons. The van der Waals surface area contributed by atoms with E-state index in [1.165, 1.54) is 83.5 Å². The molecule has 4 nitrogen and oxygen atoms in total. The topological polar surface area (TPSA) is 83.5 Å². The number of rotatable bonds is 21. The first-order valence-electron chi connectivity index (χ1n) is 12.2. The molecule has 0 heterocycles. The number of aliphatic hydroxyl groups is 1. The molecule has 4 heteroatoms. The highest BCUT2D eigenvalue weighted by molar-refractivity contribution is 5.66. The number of aliphatic carboxylic acids is 1. The molecule has 0 saturated carbocycles. The second kappa shape index (κ2) is 28.6. The first-order chi connectivity index (χ1) is 13.7. The molecular weight excluding hydrogens is 350 g/mol. The Balaban J connectivity index is 0. The summed E-state index contributed by atoms with van der Waals surface area (Å²) in [5.74, 6) is -0.691. The van der Waals surface area contributed by atoms with Crippen LogP contribution in [0.2, 0.25) is 0 Å². The van der Waals surface area contributed by atoms with Gasteiger partial charge in [0.15, 0.2) is 0 Å². The van der Waals surface area contributed by atoms with Crippen LogP contribution in [-0.2, 0) is 4.79 Å². The zero-order valence-corrected chi connectivity index (χ0v) is 18.9. The van der Waals surface area contributed by atoms with E-state index in [1.54, 1.807) is 0 Å². The van der Waals surface area contributed by atoms with E-state index >= 15 is 0 Å². The second-order valence-corrected chi connectivity index (χ2v) is 8.02. The van der Waals surface area contributed by atoms with Gasteiger partial charge in [0.2, 0.25) is 0 Å². The van der Waals surface area contributed by atoms with Gasteiger partial charge in [-0.25, -0.2) is 0 Å². The Hall–Kier alpha value is -0.610. The number of hydrogen-bond acceptors (Lipinski definition) is 3. The molecule has 0 aliphatic heterocycles. The summed E-state index contributed by atoms with van der Waals surface area (Å²) in [5, 5.41) is 16.9. The Morgan fingerprint density at radius 1 is 0.607 bits per heavy atom. The van der Waals surface area contributed by atoms with Crippen LogP contribution in [0.3, 0.4) is 0 Å². The van der Waals surface area contributed by atoms with Gasteiger partial charge in [-0.1, -0.05) is 110 Å². The third-order valence-electron chi connectivity index (χ3n) is 5.11. The minimum absolute atomic E-state index is 0.308. The molecule has 4 N–H and O–H groups in total. The van der Waals surface area contributed by atoms with E-state index in [1.807, 2.05) is 0 Å². The normalized spacial score (nSPS) is 10.5. The predicted molar refractivity (Wildman–Crippen MR) is 122 cm³/mol. The second-order valence-electron chi connectivity index (χ2n) is 8.02. The van der Waals surface area contributed by atoms with E-state index < -0.39 is 5.97 Å². The summed E-state index contributed by atoms with van der Waals surface area (Å²) in [6.45, 7) is 3.40. The van der Waals surface area contributed by atoms with Crippen LogP contribution in [0.5, 0.6) is 0 Å². The molecule has 0 aromatic rings. The van der Waals surface area contributed by atoms with Crippen molar-refractivity contribution in [2.45, 2.75) is 135 Å². The van der Waals surface area contributed by atoms with Crippen LogP contribution in [0.1, 0.15) is 135 Å². The maximum atomic E-state index is 10.1. The number of nitrogens with two attached hydrogens (primary N) is 1. The number of unbranched alkanes of at least 4 members (excludes halogenated alkanes) is 17. The predicted octanol–water partition coefficient (Wildman–Crippen LogP) is 6.83. The van der Waals surface area contributed by atoms with Gasteiger partial charge >= 0.3 is 5.97 Å². The molecule has 0 saturated heterocycles. The molecule has 0 aliphatic rings. The number of carboxylic acids is 1. The Bertz CT molecular complexity index is 271. The summed E-state index contributed by atoms with van der Waals surface area (Å²) in [6.07, 6.45) is 24.7. The summed E-state index contributed by atoms with van der Waals surface area (Å²) in [5.41, 5.74) is 5.30. The maximum absolute atomic E-state index is 10.1. The minimum Gasteiger partial charge on any atom is -0.481 e. The van der Waals surface area contributed by atoms with Crippen LogP contribution in [0, 0.1) is 0 Å². The van der Waals surface area contributed by atoms with Crippen LogP contribution < -0.4 is 5.73 Å². The molecule has 0 bridgehead atoms. The van der Waals surface area contributed by atoms with Crippen LogP contribution in [0.4, 0.5) is 0 Å². The molecule has 0 unspecified atom stereocenters. The monoisotopic (exact) mass is 401 g/mol. The first kappa shape index (κ1) is 29.6. The molecule has 0 rings (SSSR count). The quantitative estimate of drug-likeness (QED) is 0.184. The fourth-order valence-electron chi connectivity index (χ4n) is 3.26. The van der Waals surface area contributed by atoms with Gasteiger partial charge in [-0.2, -0.15) is 0 Å². The smallest absolute Gasteiger partial charge is 0.303 e. The number of aliphatic hydroxyl groups excluding tert-OH is 1. The van der Waals surface area contributed by atoms with Crippen molar-refractivity contribution >= 4 is 5.97 Å². The molecule has 0 atom stereocenters. The van der Waals surface area contributed by atoms with Gasteiger partial charge in [0, 0.05) is 13.0 Å². The lowest BCUT2D eigenvalue weighted by Gasteiger charge is -2.02. The fourth-order valence-corrected chi connectivity index (χ4v) is 3.26. The molecule has 0 spiro atoms. The van der Waals surface area contributed by atoms with Gasteiger partial charge in [0.05, 0.1) is 0 Å². The molecule has 0 aliphatic carbocycles. The average molecular weight is 402 g/mol. The summed E-state index contributed by atoms with van der Waals surface area (Å²) in [4.78, 5) is 10.1. The van der Waals surface area contributed by atoms with Crippen molar-refractivity contribution in [2.24, 2.45) is 5.73 Å². The highest BCUT2D eigenvalue weighted by atomic mass is 16.4. The van der Waals surface area contributed by atoms with E-state index in [0.717, 1.165) is 45.1 Å². The SMILES string of the molecule is CCCCCCCCCCCCCCCCO.NCCCCCCCC(=O)O. The molecule has 170 valence electrons. The Kier molecular flexibility index (Phi) is 30.2. The van der Waals surface area contributed by atoms with Gasteiger partial charge < -0.3 is 15.9 Å². The molecule has 28 heavy (non-hydrogen) atoms. The highest BCUT2D eigenvalue weighted by Gasteiger charge is 1.95. The van der Waals surface area contributed by atoms with Crippen LogP contribution in [-0.4, -0.2) is 29.3 Å². The van der Waals surface area contributed by atoms with Crippen LogP contribution in [0.15, 0.2) is 0 Å². The summed E-state index contributed by atoms with van der Waals surface area (Å²) in [7, 11) is 0. The maximum Gasteiger partial charge on any atom is 0.303 e.